The van der Waals surface area contributed by atoms with Gasteiger partial charge in [-0.2, -0.15) is 0 Å². The van der Waals surface area contributed by atoms with Crippen LogP contribution in [0.2, 0.25) is 0 Å². The molecule has 0 amide bonds. The van der Waals surface area contributed by atoms with Gasteiger partial charge in [-0.15, -0.1) is 0 Å². The highest BCUT2D eigenvalue weighted by Gasteiger charge is 2.16. The Morgan fingerprint density at radius 2 is 1.76 bits per heavy atom. The Bertz CT molecular complexity index is 933. The first kappa shape index (κ1) is 12.2. The first-order chi connectivity index (χ1) is 10.2. The minimum absolute atomic E-state index is 0.266. The molecule has 0 bridgehead atoms. The lowest BCUT2D eigenvalue weighted by Crippen LogP contribution is -2.11. The van der Waals surface area contributed by atoms with Crippen LogP contribution in [0.15, 0.2) is 63.6 Å². The largest absolute Gasteiger partial charge is 0.467 e. The van der Waals surface area contributed by atoms with Gasteiger partial charge in [0.2, 0.25) is 0 Å². The molecule has 0 aliphatic rings. The molecule has 0 aliphatic carbocycles. The third-order valence-electron chi connectivity index (χ3n) is 3.94. The average molecular weight is 277 g/mol. The van der Waals surface area contributed by atoms with Crippen molar-refractivity contribution in [3.8, 4) is 0 Å². The van der Waals surface area contributed by atoms with Crippen LogP contribution in [-0.4, -0.2) is 0 Å². The summed E-state index contributed by atoms with van der Waals surface area (Å²) in [5.74, 6) is 0.808. The molecule has 4 rings (SSSR count). The fraction of sp³-hybridized carbons (Fsp3) is 0.111. The van der Waals surface area contributed by atoms with Gasteiger partial charge in [-0.25, -0.2) is 0 Å². The van der Waals surface area contributed by atoms with Gasteiger partial charge < -0.3 is 14.6 Å². The van der Waals surface area contributed by atoms with E-state index in [0.717, 1.165) is 38.8 Å². The normalized spacial score (nSPS) is 13.0. The summed E-state index contributed by atoms with van der Waals surface area (Å²) in [7, 11) is 0. The summed E-state index contributed by atoms with van der Waals surface area (Å²) in [5.41, 5.74) is 10.2. The zero-order valence-electron chi connectivity index (χ0n) is 11.7. The highest BCUT2D eigenvalue weighted by Crippen LogP contribution is 2.32. The number of furan rings is 2. The predicted octanol–water partition coefficient (Wildman–Crippen LogP) is 4.54. The van der Waals surface area contributed by atoms with Crippen LogP contribution in [0.1, 0.15) is 22.9 Å². The van der Waals surface area contributed by atoms with Gasteiger partial charge in [-0.05, 0) is 42.3 Å². The molecule has 3 heteroatoms. The first-order valence-corrected chi connectivity index (χ1v) is 6.95. The van der Waals surface area contributed by atoms with Crippen LogP contribution < -0.4 is 5.73 Å². The number of benzene rings is 2. The molecule has 21 heavy (non-hydrogen) atoms. The Morgan fingerprint density at radius 1 is 0.952 bits per heavy atom. The molecule has 2 N–H and O–H groups in total. The SMILES string of the molecule is Cc1ccoc1C(N)c1ccc2oc3ccccc3c2c1. The van der Waals surface area contributed by atoms with Crippen LogP contribution >= 0.6 is 0 Å². The van der Waals surface area contributed by atoms with Crippen LogP contribution in [0.5, 0.6) is 0 Å². The smallest absolute Gasteiger partial charge is 0.135 e. The second kappa shape index (κ2) is 4.50. The van der Waals surface area contributed by atoms with Gasteiger partial charge in [-0.1, -0.05) is 24.3 Å². The van der Waals surface area contributed by atoms with Gasteiger partial charge >= 0.3 is 0 Å². The van der Waals surface area contributed by atoms with Crippen molar-refractivity contribution < 1.29 is 8.83 Å². The van der Waals surface area contributed by atoms with E-state index in [0.29, 0.717) is 0 Å². The van der Waals surface area contributed by atoms with Gasteiger partial charge in [-0.3, -0.25) is 0 Å². The zero-order chi connectivity index (χ0) is 14.4. The summed E-state index contributed by atoms with van der Waals surface area (Å²) in [6.45, 7) is 2.00. The molecular formula is C18H15NO2. The summed E-state index contributed by atoms with van der Waals surface area (Å²) in [6, 6.07) is 15.8. The van der Waals surface area contributed by atoms with Gasteiger partial charge in [0.05, 0.1) is 12.3 Å². The monoisotopic (exact) mass is 277 g/mol. The minimum atomic E-state index is -0.266. The number of aryl methyl sites for hydroxylation is 1. The summed E-state index contributed by atoms with van der Waals surface area (Å²) in [6.07, 6.45) is 1.68. The van der Waals surface area contributed by atoms with E-state index in [9.17, 15) is 0 Å². The molecule has 2 heterocycles. The average Bonchev–Trinajstić information content (AvgIpc) is 3.09. The van der Waals surface area contributed by atoms with Gasteiger partial charge in [0, 0.05) is 10.8 Å². The molecule has 1 atom stereocenters. The van der Waals surface area contributed by atoms with Crippen LogP contribution in [0.25, 0.3) is 21.9 Å². The second-order valence-corrected chi connectivity index (χ2v) is 5.30. The minimum Gasteiger partial charge on any atom is -0.467 e. The number of fused-ring (bicyclic) bond motifs is 3. The molecule has 1 unspecified atom stereocenters. The van der Waals surface area contributed by atoms with Gasteiger partial charge in [0.1, 0.15) is 16.9 Å². The maximum absolute atomic E-state index is 6.34. The molecule has 0 saturated heterocycles. The molecule has 3 nitrogen and oxygen atoms in total. The molecule has 0 fully saturated rings. The molecule has 2 aromatic heterocycles. The lowest BCUT2D eigenvalue weighted by molar-refractivity contribution is 0.487. The number of nitrogens with two attached hydrogens (primary N) is 1. The van der Waals surface area contributed by atoms with Crippen LogP contribution in [0.3, 0.4) is 0 Å². The van der Waals surface area contributed by atoms with Crippen molar-refractivity contribution in [3.05, 3.63) is 71.7 Å². The topological polar surface area (TPSA) is 52.3 Å². The quantitative estimate of drug-likeness (QED) is 0.585. The Morgan fingerprint density at radius 3 is 2.57 bits per heavy atom. The molecule has 0 aliphatic heterocycles. The van der Waals surface area contributed by atoms with Crippen molar-refractivity contribution in [1.29, 1.82) is 0 Å². The van der Waals surface area contributed by atoms with Crippen molar-refractivity contribution >= 4 is 21.9 Å². The molecule has 0 saturated carbocycles. The predicted molar refractivity (Wildman–Crippen MR) is 83.2 cm³/mol. The highest BCUT2D eigenvalue weighted by atomic mass is 16.3. The zero-order valence-corrected chi connectivity index (χ0v) is 11.7. The Balaban J connectivity index is 1.90. The van der Waals surface area contributed by atoms with E-state index in [1.54, 1.807) is 6.26 Å². The molecule has 0 radical (unpaired) electrons. The van der Waals surface area contributed by atoms with E-state index in [-0.39, 0.29) is 6.04 Å². The standard InChI is InChI=1S/C18H15NO2/c1-11-8-9-20-18(11)17(19)12-6-7-16-14(10-12)13-4-2-3-5-15(13)21-16/h2-10,17H,19H2,1H3. The van der Waals surface area contributed by atoms with Crippen LogP contribution in [0.4, 0.5) is 0 Å². The first-order valence-electron chi connectivity index (χ1n) is 6.95. The fourth-order valence-electron chi connectivity index (χ4n) is 2.79. The number of rotatable bonds is 2. The number of para-hydroxylation sites is 1. The third kappa shape index (κ3) is 1.86. The maximum atomic E-state index is 6.34. The fourth-order valence-corrected chi connectivity index (χ4v) is 2.79. The van der Waals surface area contributed by atoms with E-state index >= 15 is 0 Å². The molecule has 2 aromatic carbocycles. The van der Waals surface area contributed by atoms with E-state index in [1.807, 2.05) is 43.3 Å². The van der Waals surface area contributed by atoms with Gasteiger partial charge in [0.25, 0.3) is 0 Å². The van der Waals surface area contributed by atoms with E-state index in [4.69, 9.17) is 14.6 Å². The lowest BCUT2D eigenvalue weighted by atomic mass is 10.0. The van der Waals surface area contributed by atoms with Crippen molar-refractivity contribution in [2.75, 3.05) is 0 Å². The Labute approximate surface area is 122 Å². The Kier molecular flexibility index (Phi) is 2.62. The van der Waals surface area contributed by atoms with Crippen molar-refractivity contribution in [2.24, 2.45) is 5.73 Å². The summed E-state index contributed by atoms with van der Waals surface area (Å²) < 4.78 is 11.4. The van der Waals surface area contributed by atoms with Crippen molar-refractivity contribution in [2.45, 2.75) is 13.0 Å². The van der Waals surface area contributed by atoms with Crippen LogP contribution in [0, 0.1) is 6.92 Å². The molecule has 104 valence electrons. The number of hydrogen-bond donors (Lipinski definition) is 1. The summed E-state index contributed by atoms with van der Waals surface area (Å²) in [5, 5.41) is 2.19. The molecule has 4 aromatic rings. The summed E-state index contributed by atoms with van der Waals surface area (Å²) >= 11 is 0. The van der Waals surface area contributed by atoms with Crippen molar-refractivity contribution in [3.63, 3.8) is 0 Å². The highest BCUT2D eigenvalue weighted by molar-refractivity contribution is 6.05. The van der Waals surface area contributed by atoms with Crippen LogP contribution in [-0.2, 0) is 0 Å². The third-order valence-corrected chi connectivity index (χ3v) is 3.94. The maximum Gasteiger partial charge on any atom is 0.135 e. The van der Waals surface area contributed by atoms with Gasteiger partial charge in [0.15, 0.2) is 0 Å². The Hall–Kier alpha value is -2.52. The van der Waals surface area contributed by atoms with E-state index in [2.05, 4.69) is 12.1 Å². The summed E-state index contributed by atoms with van der Waals surface area (Å²) in [4.78, 5) is 0. The second-order valence-electron chi connectivity index (χ2n) is 5.30. The lowest BCUT2D eigenvalue weighted by Gasteiger charge is -2.10. The van der Waals surface area contributed by atoms with Crippen molar-refractivity contribution in [1.82, 2.24) is 0 Å². The van der Waals surface area contributed by atoms with E-state index < -0.39 is 0 Å². The van der Waals surface area contributed by atoms with E-state index in [1.165, 1.54) is 0 Å². The molecular weight excluding hydrogens is 262 g/mol. The molecule has 0 spiro atoms. The number of hydrogen-bond acceptors (Lipinski definition) is 3.